The van der Waals surface area contributed by atoms with E-state index in [4.69, 9.17) is 0 Å². The first-order valence-electron chi connectivity index (χ1n) is 7.66. The molecule has 0 aliphatic carbocycles. The first-order chi connectivity index (χ1) is 11.0. The molecule has 1 aliphatic heterocycles. The molecule has 2 rings (SSSR count). The van der Waals surface area contributed by atoms with Crippen molar-refractivity contribution < 1.29 is 17.9 Å². The largest absolute Gasteiger partial charge is 0.411 e. The molecular weight excluding hydrogens is 307 g/mol. The molecule has 0 aromatic heterocycles. The zero-order valence-electron chi connectivity index (χ0n) is 13.2. The fourth-order valence-electron chi connectivity index (χ4n) is 2.48. The van der Waals surface area contributed by atoms with Crippen LogP contribution in [0.4, 0.5) is 13.2 Å². The Hall–Kier alpha value is -1.76. The minimum Gasteiger partial charge on any atom is -0.367 e. The predicted octanol–water partition coefficient (Wildman–Crippen LogP) is 2.94. The number of nitrogens with one attached hydrogen (secondary N) is 1. The second-order valence-corrected chi connectivity index (χ2v) is 5.52. The molecule has 4 nitrogen and oxygen atoms in total. The average molecular weight is 329 g/mol. The second-order valence-electron chi connectivity index (χ2n) is 5.52. The maximum Gasteiger partial charge on any atom is 0.411 e. The number of likely N-dealkylation sites (tertiary alicyclic amines) is 1. The number of alkyl halides is 3. The Morgan fingerprint density at radius 3 is 2.35 bits per heavy atom. The van der Waals surface area contributed by atoms with Crippen LogP contribution in [-0.4, -0.2) is 43.8 Å². The standard InChI is InChI=1S/C16H22F3N3O/c1-20-15(22-8-2-3-9-22)21-10-13-4-6-14(7-5-13)11-23-12-16(17,18)19/h4-7H,2-3,8-12H2,1H3,(H,20,21). The van der Waals surface area contributed by atoms with Gasteiger partial charge in [0, 0.05) is 26.7 Å². The van der Waals surface area contributed by atoms with Gasteiger partial charge in [-0.3, -0.25) is 4.99 Å². The van der Waals surface area contributed by atoms with Crippen LogP contribution in [-0.2, 0) is 17.9 Å². The molecule has 1 aliphatic rings. The Balaban J connectivity index is 1.78. The molecule has 0 saturated carbocycles. The molecule has 1 aromatic carbocycles. The summed E-state index contributed by atoms with van der Waals surface area (Å²) in [6.07, 6.45) is -1.91. The van der Waals surface area contributed by atoms with E-state index in [-0.39, 0.29) is 6.61 Å². The summed E-state index contributed by atoms with van der Waals surface area (Å²) in [4.78, 5) is 6.49. The van der Waals surface area contributed by atoms with Crippen LogP contribution in [0.15, 0.2) is 29.3 Å². The van der Waals surface area contributed by atoms with Gasteiger partial charge in [-0.1, -0.05) is 24.3 Å². The molecular formula is C16H22F3N3O. The van der Waals surface area contributed by atoms with Crippen LogP contribution in [0.1, 0.15) is 24.0 Å². The minimum atomic E-state index is -4.28. The summed E-state index contributed by atoms with van der Waals surface area (Å²) in [5.74, 6) is 0.889. The van der Waals surface area contributed by atoms with Gasteiger partial charge in [-0.2, -0.15) is 13.2 Å². The van der Waals surface area contributed by atoms with E-state index >= 15 is 0 Å². The van der Waals surface area contributed by atoms with E-state index in [0.29, 0.717) is 6.54 Å². The molecule has 1 N–H and O–H groups in total. The van der Waals surface area contributed by atoms with E-state index in [1.807, 2.05) is 12.1 Å². The molecule has 0 spiro atoms. The van der Waals surface area contributed by atoms with Gasteiger partial charge in [-0.25, -0.2) is 0 Å². The maximum atomic E-state index is 12.0. The van der Waals surface area contributed by atoms with Crippen molar-refractivity contribution in [1.29, 1.82) is 0 Å². The molecule has 1 saturated heterocycles. The van der Waals surface area contributed by atoms with Crippen molar-refractivity contribution in [2.24, 2.45) is 4.99 Å². The zero-order chi connectivity index (χ0) is 16.7. The lowest BCUT2D eigenvalue weighted by Crippen LogP contribution is -2.39. The third-order valence-corrected chi connectivity index (χ3v) is 3.63. The number of hydrogen-bond donors (Lipinski definition) is 1. The smallest absolute Gasteiger partial charge is 0.367 e. The number of rotatable bonds is 5. The van der Waals surface area contributed by atoms with E-state index in [1.54, 1.807) is 19.2 Å². The minimum absolute atomic E-state index is 0.0390. The van der Waals surface area contributed by atoms with Crippen LogP contribution < -0.4 is 5.32 Å². The summed E-state index contributed by atoms with van der Waals surface area (Å²) in [5, 5.41) is 3.31. The second kappa shape index (κ2) is 8.19. The van der Waals surface area contributed by atoms with Crippen molar-refractivity contribution >= 4 is 5.96 Å². The van der Waals surface area contributed by atoms with Crippen molar-refractivity contribution in [3.63, 3.8) is 0 Å². The Morgan fingerprint density at radius 1 is 1.17 bits per heavy atom. The van der Waals surface area contributed by atoms with E-state index < -0.39 is 12.8 Å². The Kier molecular flexibility index (Phi) is 6.27. The normalized spacial score (nSPS) is 16.0. The molecule has 1 aromatic rings. The van der Waals surface area contributed by atoms with Gasteiger partial charge in [-0.05, 0) is 24.0 Å². The molecule has 23 heavy (non-hydrogen) atoms. The Morgan fingerprint density at radius 2 is 1.78 bits per heavy atom. The van der Waals surface area contributed by atoms with E-state index in [9.17, 15) is 13.2 Å². The average Bonchev–Trinajstić information content (AvgIpc) is 3.02. The van der Waals surface area contributed by atoms with Crippen molar-refractivity contribution in [2.75, 3.05) is 26.7 Å². The first kappa shape index (κ1) is 17.6. The molecule has 0 radical (unpaired) electrons. The predicted molar refractivity (Wildman–Crippen MR) is 83.2 cm³/mol. The lowest BCUT2D eigenvalue weighted by atomic mass is 10.1. The number of halogens is 3. The SMILES string of the molecule is CN=C(NCc1ccc(COCC(F)(F)F)cc1)N1CCCC1. The van der Waals surface area contributed by atoms with Gasteiger partial charge >= 0.3 is 6.18 Å². The molecule has 7 heteroatoms. The van der Waals surface area contributed by atoms with Gasteiger partial charge in [0.25, 0.3) is 0 Å². The van der Waals surface area contributed by atoms with Crippen molar-refractivity contribution in [3.05, 3.63) is 35.4 Å². The van der Waals surface area contributed by atoms with E-state index in [1.165, 1.54) is 12.8 Å². The highest BCUT2D eigenvalue weighted by atomic mass is 19.4. The molecule has 1 fully saturated rings. The maximum absolute atomic E-state index is 12.0. The van der Waals surface area contributed by atoms with Crippen LogP contribution in [0, 0.1) is 0 Å². The van der Waals surface area contributed by atoms with Gasteiger partial charge in [0.2, 0.25) is 0 Å². The van der Waals surface area contributed by atoms with Gasteiger partial charge < -0.3 is 15.0 Å². The summed E-state index contributed by atoms with van der Waals surface area (Å²) in [5.41, 5.74) is 1.77. The highest BCUT2D eigenvalue weighted by Gasteiger charge is 2.27. The number of hydrogen-bond acceptors (Lipinski definition) is 2. The fourth-order valence-corrected chi connectivity index (χ4v) is 2.48. The number of ether oxygens (including phenoxy) is 1. The summed E-state index contributed by atoms with van der Waals surface area (Å²) >= 11 is 0. The van der Waals surface area contributed by atoms with Crippen molar-refractivity contribution in [1.82, 2.24) is 10.2 Å². The Labute approximate surface area is 134 Å². The van der Waals surface area contributed by atoms with Gasteiger partial charge in [0.15, 0.2) is 5.96 Å². The molecule has 1 heterocycles. The van der Waals surface area contributed by atoms with Crippen LogP contribution in [0.25, 0.3) is 0 Å². The molecule has 0 amide bonds. The quantitative estimate of drug-likeness (QED) is 0.667. The number of guanidine groups is 1. The van der Waals surface area contributed by atoms with E-state index in [2.05, 4.69) is 19.9 Å². The molecule has 0 unspecified atom stereocenters. The van der Waals surface area contributed by atoms with Gasteiger partial charge in [-0.15, -0.1) is 0 Å². The summed E-state index contributed by atoms with van der Waals surface area (Å²) in [7, 11) is 1.77. The van der Waals surface area contributed by atoms with Crippen LogP contribution in [0.5, 0.6) is 0 Å². The number of aliphatic imine (C=N–C) groups is 1. The Bertz CT molecular complexity index is 508. The first-order valence-corrected chi connectivity index (χ1v) is 7.66. The molecule has 0 bridgehead atoms. The lowest BCUT2D eigenvalue weighted by Gasteiger charge is -2.20. The molecule has 128 valence electrons. The third kappa shape index (κ3) is 6.09. The molecule has 0 atom stereocenters. The van der Waals surface area contributed by atoms with E-state index in [0.717, 1.165) is 30.2 Å². The third-order valence-electron chi connectivity index (χ3n) is 3.63. The highest BCUT2D eigenvalue weighted by Crippen LogP contribution is 2.16. The van der Waals surface area contributed by atoms with Crippen molar-refractivity contribution in [2.45, 2.75) is 32.2 Å². The summed E-state index contributed by atoms with van der Waals surface area (Å²) < 4.78 is 40.7. The lowest BCUT2D eigenvalue weighted by molar-refractivity contribution is -0.176. The zero-order valence-corrected chi connectivity index (χ0v) is 13.2. The monoisotopic (exact) mass is 329 g/mol. The fraction of sp³-hybridized carbons (Fsp3) is 0.562. The summed E-state index contributed by atoms with van der Waals surface area (Å²) in [6, 6.07) is 7.34. The number of benzene rings is 1. The summed E-state index contributed by atoms with van der Waals surface area (Å²) in [6.45, 7) is 1.42. The van der Waals surface area contributed by atoms with Crippen LogP contribution in [0.3, 0.4) is 0 Å². The number of nitrogens with zero attached hydrogens (tertiary/aromatic N) is 2. The topological polar surface area (TPSA) is 36.9 Å². The van der Waals surface area contributed by atoms with Gasteiger partial charge in [0.05, 0.1) is 6.61 Å². The van der Waals surface area contributed by atoms with Crippen LogP contribution >= 0.6 is 0 Å². The highest BCUT2D eigenvalue weighted by molar-refractivity contribution is 5.80. The van der Waals surface area contributed by atoms with Crippen LogP contribution in [0.2, 0.25) is 0 Å². The van der Waals surface area contributed by atoms with Gasteiger partial charge in [0.1, 0.15) is 6.61 Å². The van der Waals surface area contributed by atoms with Crippen molar-refractivity contribution in [3.8, 4) is 0 Å².